The summed E-state index contributed by atoms with van der Waals surface area (Å²) in [5.41, 5.74) is 0.00685. The highest BCUT2D eigenvalue weighted by molar-refractivity contribution is 7.22. The molecule has 0 spiro atoms. The lowest BCUT2D eigenvalue weighted by molar-refractivity contribution is -0.120. The Morgan fingerprint density at radius 1 is 1.15 bits per heavy atom. The van der Waals surface area contributed by atoms with E-state index in [1.165, 1.54) is 29.2 Å². The molecule has 1 aliphatic heterocycles. The molecular weight excluding hydrogens is 479 g/mol. The van der Waals surface area contributed by atoms with Crippen LogP contribution >= 0.6 is 23.7 Å². The molecule has 0 unspecified atom stereocenters. The van der Waals surface area contributed by atoms with Crippen LogP contribution in [0.25, 0.3) is 10.2 Å². The van der Waals surface area contributed by atoms with Crippen LogP contribution < -0.4 is 9.64 Å². The number of benzene rings is 2. The Hall–Kier alpha value is -2.40. The van der Waals surface area contributed by atoms with Crippen molar-refractivity contribution in [3.63, 3.8) is 0 Å². The molecule has 3 aromatic rings. The average Bonchev–Trinajstić information content (AvgIpc) is 3.20. The van der Waals surface area contributed by atoms with Crippen LogP contribution in [-0.2, 0) is 9.53 Å². The predicted molar refractivity (Wildman–Crippen MR) is 123 cm³/mol. The van der Waals surface area contributed by atoms with Crippen molar-refractivity contribution in [3.05, 3.63) is 53.8 Å². The molecule has 1 aromatic heterocycles. The third kappa shape index (κ3) is 6.35. The van der Waals surface area contributed by atoms with Crippen LogP contribution in [0.1, 0.15) is 6.42 Å². The number of ether oxygens (including phenoxy) is 2. The minimum atomic E-state index is -0.786. The predicted octanol–water partition coefficient (Wildman–Crippen LogP) is 4.27. The lowest BCUT2D eigenvalue weighted by Crippen LogP contribution is -2.40. The Balaban J connectivity index is 0.00000306. The topological polar surface area (TPSA) is 54.9 Å². The molecule has 178 valence electrons. The number of morpholine rings is 1. The summed E-state index contributed by atoms with van der Waals surface area (Å²) in [5.74, 6) is -2.55. The van der Waals surface area contributed by atoms with Gasteiger partial charge in [-0.1, -0.05) is 23.5 Å². The number of anilines is 1. The first-order valence-corrected chi connectivity index (χ1v) is 11.1. The number of carbonyl (C=O) groups is 1. The smallest absolute Gasteiger partial charge is 0.266 e. The largest absolute Gasteiger partial charge is 0.481 e. The fourth-order valence-electron chi connectivity index (χ4n) is 3.44. The SMILES string of the molecule is Cl.O=C(COc1ccccc1F)N(CCCN1CCOCC1)c1nc2c(F)cc(F)cc2s1. The Morgan fingerprint density at radius 2 is 1.91 bits per heavy atom. The fraction of sp³-hybridized carbons (Fsp3) is 0.364. The minimum Gasteiger partial charge on any atom is -0.481 e. The van der Waals surface area contributed by atoms with E-state index in [4.69, 9.17) is 9.47 Å². The van der Waals surface area contributed by atoms with Crippen molar-refractivity contribution in [1.82, 2.24) is 9.88 Å². The van der Waals surface area contributed by atoms with Crippen LogP contribution in [-0.4, -0.2) is 61.8 Å². The standard InChI is InChI=1S/C22H22F3N3O3S.ClH/c23-15-12-17(25)21-19(13-15)32-22(26-21)28(7-3-6-27-8-10-30-11-9-27)20(29)14-31-18-5-2-1-4-16(18)24;/h1-2,4-5,12-13H,3,6-11,14H2;1H. The van der Waals surface area contributed by atoms with Crippen molar-refractivity contribution in [2.45, 2.75) is 6.42 Å². The third-order valence-electron chi connectivity index (χ3n) is 5.08. The Morgan fingerprint density at radius 3 is 2.67 bits per heavy atom. The Kier molecular flexibility index (Phi) is 8.90. The summed E-state index contributed by atoms with van der Waals surface area (Å²) in [6.45, 7) is 3.61. The van der Waals surface area contributed by atoms with E-state index in [0.717, 1.165) is 37.0 Å². The van der Waals surface area contributed by atoms with Gasteiger partial charge in [0.2, 0.25) is 0 Å². The molecule has 1 aliphatic rings. The minimum absolute atomic E-state index is 0. The highest BCUT2D eigenvalue weighted by Gasteiger charge is 2.23. The van der Waals surface area contributed by atoms with Gasteiger partial charge in [0.25, 0.3) is 5.91 Å². The number of hydrogen-bond acceptors (Lipinski definition) is 6. The van der Waals surface area contributed by atoms with Crippen molar-refractivity contribution in [1.29, 1.82) is 0 Å². The van der Waals surface area contributed by atoms with Gasteiger partial charge in [0, 0.05) is 32.2 Å². The number of halogens is 4. The van der Waals surface area contributed by atoms with Crippen LogP contribution in [0.3, 0.4) is 0 Å². The monoisotopic (exact) mass is 501 g/mol. The van der Waals surface area contributed by atoms with E-state index in [2.05, 4.69) is 9.88 Å². The maximum atomic E-state index is 14.1. The van der Waals surface area contributed by atoms with E-state index in [0.29, 0.717) is 30.9 Å². The summed E-state index contributed by atoms with van der Waals surface area (Å²) in [7, 11) is 0. The summed E-state index contributed by atoms with van der Waals surface area (Å²) in [4.78, 5) is 20.8. The molecule has 2 aromatic carbocycles. The van der Waals surface area contributed by atoms with Gasteiger partial charge in [0.05, 0.1) is 17.9 Å². The van der Waals surface area contributed by atoms with Crippen LogP contribution in [0, 0.1) is 17.5 Å². The number of para-hydroxylation sites is 1. The summed E-state index contributed by atoms with van der Waals surface area (Å²) < 4.78 is 52.6. The van der Waals surface area contributed by atoms with Crippen LogP contribution in [0.4, 0.5) is 18.3 Å². The highest BCUT2D eigenvalue weighted by Crippen LogP contribution is 2.31. The molecule has 0 radical (unpaired) electrons. The number of fused-ring (bicyclic) bond motifs is 1. The first-order chi connectivity index (χ1) is 15.5. The van der Waals surface area contributed by atoms with Crippen molar-refractivity contribution in [2.24, 2.45) is 0 Å². The van der Waals surface area contributed by atoms with Gasteiger partial charge in [-0.15, -0.1) is 12.4 Å². The molecule has 11 heteroatoms. The zero-order valence-electron chi connectivity index (χ0n) is 17.6. The first kappa shape index (κ1) is 25.2. The van der Waals surface area contributed by atoms with Gasteiger partial charge >= 0.3 is 0 Å². The van der Waals surface area contributed by atoms with Crippen molar-refractivity contribution in [2.75, 3.05) is 50.9 Å². The highest BCUT2D eigenvalue weighted by atomic mass is 35.5. The number of thiazole rings is 1. The Bertz CT molecular complexity index is 1100. The number of nitrogens with zero attached hydrogens (tertiary/aromatic N) is 3. The second kappa shape index (κ2) is 11.6. The first-order valence-electron chi connectivity index (χ1n) is 10.2. The lowest BCUT2D eigenvalue weighted by atomic mass is 10.3. The number of carbonyl (C=O) groups excluding carboxylic acids is 1. The second-order valence-electron chi connectivity index (χ2n) is 7.30. The second-order valence-corrected chi connectivity index (χ2v) is 8.31. The molecule has 1 amide bonds. The molecular formula is C22H23ClF3N3O3S. The maximum Gasteiger partial charge on any atom is 0.266 e. The molecule has 1 saturated heterocycles. The molecule has 1 fully saturated rings. The van der Waals surface area contributed by atoms with E-state index >= 15 is 0 Å². The van der Waals surface area contributed by atoms with E-state index < -0.39 is 30.0 Å². The molecule has 0 bridgehead atoms. The fourth-order valence-corrected chi connectivity index (χ4v) is 4.49. The average molecular weight is 502 g/mol. The van der Waals surface area contributed by atoms with E-state index in [9.17, 15) is 18.0 Å². The van der Waals surface area contributed by atoms with Crippen molar-refractivity contribution >= 4 is 45.0 Å². The van der Waals surface area contributed by atoms with E-state index in [1.807, 2.05) is 0 Å². The molecule has 6 nitrogen and oxygen atoms in total. The molecule has 0 saturated carbocycles. The van der Waals surface area contributed by atoms with Crippen molar-refractivity contribution < 1.29 is 27.4 Å². The molecule has 0 aliphatic carbocycles. The van der Waals surface area contributed by atoms with Gasteiger partial charge in [-0.05, 0) is 24.6 Å². The number of amides is 1. The van der Waals surface area contributed by atoms with Gasteiger partial charge in [0.15, 0.2) is 29.1 Å². The van der Waals surface area contributed by atoms with Gasteiger partial charge in [-0.25, -0.2) is 18.2 Å². The number of rotatable bonds is 8. The number of hydrogen-bond donors (Lipinski definition) is 0. The van der Waals surface area contributed by atoms with Crippen LogP contribution in [0.15, 0.2) is 36.4 Å². The normalized spacial score (nSPS) is 14.2. The van der Waals surface area contributed by atoms with E-state index in [-0.39, 0.29) is 28.8 Å². The summed E-state index contributed by atoms with van der Waals surface area (Å²) >= 11 is 1.02. The zero-order valence-corrected chi connectivity index (χ0v) is 19.3. The van der Waals surface area contributed by atoms with Gasteiger partial charge < -0.3 is 9.47 Å². The third-order valence-corrected chi connectivity index (χ3v) is 6.11. The van der Waals surface area contributed by atoms with Gasteiger partial charge in [0.1, 0.15) is 11.3 Å². The maximum absolute atomic E-state index is 14.1. The summed E-state index contributed by atoms with van der Waals surface area (Å²) in [6.07, 6.45) is 0.637. The zero-order chi connectivity index (χ0) is 22.5. The Labute approximate surface area is 199 Å². The molecule has 33 heavy (non-hydrogen) atoms. The quantitative estimate of drug-likeness (QED) is 0.461. The molecule has 0 atom stereocenters. The number of aromatic nitrogens is 1. The summed E-state index contributed by atoms with van der Waals surface area (Å²) in [5, 5.41) is 0.244. The lowest BCUT2D eigenvalue weighted by Gasteiger charge is -2.27. The van der Waals surface area contributed by atoms with Gasteiger partial charge in [-0.3, -0.25) is 14.6 Å². The summed E-state index contributed by atoms with van der Waals surface area (Å²) in [6, 6.07) is 7.75. The molecule has 4 rings (SSSR count). The van der Waals surface area contributed by atoms with Crippen LogP contribution in [0.2, 0.25) is 0 Å². The van der Waals surface area contributed by atoms with Crippen LogP contribution in [0.5, 0.6) is 5.75 Å². The molecule has 2 heterocycles. The van der Waals surface area contributed by atoms with Gasteiger partial charge in [-0.2, -0.15) is 0 Å². The van der Waals surface area contributed by atoms with Crippen molar-refractivity contribution in [3.8, 4) is 5.75 Å². The molecule has 0 N–H and O–H groups in total. The van der Waals surface area contributed by atoms with E-state index in [1.54, 1.807) is 6.07 Å².